The number of hydrogen-bond acceptors (Lipinski definition) is 7. The molecule has 2 aromatic rings. The van der Waals surface area contributed by atoms with Crippen LogP contribution in [-0.4, -0.2) is 78.5 Å². The molecule has 3 aliphatic heterocycles. The van der Waals surface area contributed by atoms with Gasteiger partial charge in [0.1, 0.15) is 11.7 Å². The maximum atomic E-state index is 14.2. The van der Waals surface area contributed by atoms with Crippen LogP contribution in [0.2, 0.25) is 0 Å². The number of likely N-dealkylation sites (tertiary alicyclic amines) is 1. The Morgan fingerprint density at radius 1 is 1.13 bits per heavy atom. The van der Waals surface area contributed by atoms with Crippen LogP contribution in [0.25, 0.3) is 0 Å². The number of benzene rings is 1. The number of likely N-dealkylation sites (N-methyl/N-ethyl adjacent to an activating group) is 1. The van der Waals surface area contributed by atoms with E-state index in [1.165, 1.54) is 18.4 Å². The van der Waals surface area contributed by atoms with Gasteiger partial charge in [-0.1, -0.05) is 19.8 Å². The fourth-order valence-corrected chi connectivity index (χ4v) is 6.74. The van der Waals surface area contributed by atoms with E-state index < -0.39 is 0 Å². The summed E-state index contributed by atoms with van der Waals surface area (Å²) < 4.78 is 0. The Morgan fingerprint density at radius 3 is 2.63 bits per heavy atom. The van der Waals surface area contributed by atoms with E-state index >= 15 is 0 Å². The van der Waals surface area contributed by atoms with Crippen LogP contribution in [0.1, 0.15) is 67.8 Å². The molecule has 0 radical (unpaired) electrons. The highest BCUT2D eigenvalue weighted by Crippen LogP contribution is 2.40. The first-order valence-corrected chi connectivity index (χ1v) is 14.3. The maximum Gasteiger partial charge on any atom is 0.260 e. The van der Waals surface area contributed by atoms with E-state index in [0.717, 1.165) is 75.4 Å². The largest absolute Gasteiger partial charge is 0.384 e. The number of hydrogen-bond donors (Lipinski definition) is 1. The summed E-state index contributed by atoms with van der Waals surface area (Å²) in [6, 6.07) is 6.04. The van der Waals surface area contributed by atoms with Crippen LogP contribution in [0.5, 0.6) is 0 Å². The standard InChI is InChI=1S/C29H39N7O2/c1-4-24-28(38)34(3)25-18-31-29(32-26(25)35(24)21-7-5-6-8-21)36(22-12-15-33(2)16-13-22)27(37)20-9-10-23-19(17-20)11-14-30-23/h9-10,17-18,21-22,24,30H,4-8,11-16H2,1-3H3/t24-/m1/s1. The summed E-state index contributed by atoms with van der Waals surface area (Å²) in [7, 11) is 3.94. The first kappa shape index (κ1) is 25.1. The zero-order valence-electron chi connectivity index (χ0n) is 22.8. The van der Waals surface area contributed by atoms with Crippen LogP contribution in [0.15, 0.2) is 24.4 Å². The average molecular weight is 518 g/mol. The molecule has 9 nitrogen and oxygen atoms in total. The highest BCUT2D eigenvalue weighted by molar-refractivity contribution is 6.07. The molecule has 1 N–H and O–H groups in total. The number of aromatic nitrogens is 2. The predicted molar refractivity (Wildman–Crippen MR) is 150 cm³/mol. The first-order valence-electron chi connectivity index (χ1n) is 14.3. The molecule has 1 aromatic carbocycles. The Kier molecular flexibility index (Phi) is 6.72. The van der Waals surface area contributed by atoms with Gasteiger partial charge in [0, 0.05) is 36.9 Å². The third-order valence-electron chi connectivity index (χ3n) is 8.95. The summed E-state index contributed by atoms with van der Waals surface area (Å²) in [5, 5.41) is 3.39. The van der Waals surface area contributed by atoms with Crippen molar-refractivity contribution in [3.05, 3.63) is 35.5 Å². The molecule has 2 amide bonds. The Bertz CT molecular complexity index is 1220. The topological polar surface area (TPSA) is 84.9 Å². The fraction of sp³-hybridized carbons (Fsp3) is 0.586. The summed E-state index contributed by atoms with van der Waals surface area (Å²) in [6.07, 6.45) is 9.61. The maximum absolute atomic E-state index is 14.2. The lowest BCUT2D eigenvalue weighted by atomic mass is 10.0. The highest BCUT2D eigenvalue weighted by Gasteiger charge is 2.42. The van der Waals surface area contributed by atoms with Crippen molar-refractivity contribution in [2.24, 2.45) is 0 Å². The number of amides is 2. The minimum Gasteiger partial charge on any atom is -0.384 e. The van der Waals surface area contributed by atoms with Gasteiger partial charge in [-0.3, -0.25) is 14.5 Å². The van der Waals surface area contributed by atoms with Crippen molar-refractivity contribution in [1.29, 1.82) is 0 Å². The van der Waals surface area contributed by atoms with Gasteiger partial charge in [0.2, 0.25) is 11.9 Å². The zero-order valence-corrected chi connectivity index (χ0v) is 22.8. The molecule has 1 saturated heterocycles. The van der Waals surface area contributed by atoms with Gasteiger partial charge >= 0.3 is 0 Å². The van der Waals surface area contributed by atoms with Gasteiger partial charge in [-0.05, 0) is 82.4 Å². The number of carbonyl (C=O) groups is 2. The molecule has 1 atom stereocenters. The molecule has 4 heterocycles. The Hall–Kier alpha value is -3.20. The Labute approximate surface area is 225 Å². The van der Waals surface area contributed by atoms with Crippen LogP contribution in [0.4, 0.5) is 23.1 Å². The summed E-state index contributed by atoms with van der Waals surface area (Å²) in [5.41, 5.74) is 3.71. The number of fused-ring (bicyclic) bond motifs is 2. The van der Waals surface area contributed by atoms with Crippen LogP contribution in [0, 0.1) is 0 Å². The lowest BCUT2D eigenvalue weighted by molar-refractivity contribution is -0.120. The summed E-state index contributed by atoms with van der Waals surface area (Å²) in [4.78, 5) is 45.5. The summed E-state index contributed by atoms with van der Waals surface area (Å²) >= 11 is 0. The van der Waals surface area contributed by atoms with Gasteiger partial charge in [0.15, 0.2) is 5.82 Å². The third-order valence-corrected chi connectivity index (χ3v) is 8.95. The van der Waals surface area contributed by atoms with Gasteiger partial charge in [-0.15, -0.1) is 0 Å². The second kappa shape index (κ2) is 10.2. The van der Waals surface area contributed by atoms with Gasteiger partial charge in [0.05, 0.1) is 6.20 Å². The zero-order chi connectivity index (χ0) is 26.4. The van der Waals surface area contributed by atoms with E-state index in [0.29, 0.717) is 11.5 Å². The van der Waals surface area contributed by atoms with Gasteiger partial charge in [-0.2, -0.15) is 4.98 Å². The lowest BCUT2D eigenvalue weighted by Crippen LogP contribution is -2.56. The van der Waals surface area contributed by atoms with Crippen molar-refractivity contribution >= 4 is 35.0 Å². The molecule has 9 heteroatoms. The van der Waals surface area contributed by atoms with Crippen molar-refractivity contribution < 1.29 is 9.59 Å². The van der Waals surface area contributed by atoms with Crippen LogP contribution in [0.3, 0.4) is 0 Å². The number of rotatable bonds is 5. The van der Waals surface area contributed by atoms with Crippen molar-refractivity contribution in [1.82, 2.24) is 14.9 Å². The first-order chi connectivity index (χ1) is 18.5. The SMILES string of the molecule is CC[C@@H]1C(=O)N(C)c2cnc(N(C(=O)c3ccc4c(c3)CCN4)C3CCN(C)CC3)nc2N1C1CCCC1. The number of nitrogens with zero attached hydrogens (tertiary/aromatic N) is 6. The minimum atomic E-state index is -0.241. The van der Waals surface area contributed by atoms with E-state index in [9.17, 15) is 9.59 Å². The molecule has 1 aliphatic carbocycles. The number of piperidine rings is 1. The van der Waals surface area contributed by atoms with Gasteiger partial charge in [-0.25, -0.2) is 4.98 Å². The van der Waals surface area contributed by atoms with E-state index in [1.54, 1.807) is 11.1 Å². The average Bonchev–Trinajstić information content (AvgIpc) is 3.63. The molecular weight excluding hydrogens is 478 g/mol. The molecule has 202 valence electrons. The Morgan fingerprint density at radius 2 is 1.89 bits per heavy atom. The molecule has 1 saturated carbocycles. The normalized spacial score (nSPS) is 22.4. The number of nitrogens with one attached hydrogen (secondary N) is 1. The fourth-order valence-electron chi connectivity index (χ4n) is 6.74. The van der Waals surface area contributed by atoms with E-state index in [2.05, 4.69) is 29.1 Å². The second-order valence-electron chi connectivity index (χ2n) is 11.3. The quantitative estimate of drug-likeness (QED) is 0.648. The van der Waals surface area contributed by atoms with Gasteiger partial charge in [0.25, 0.3) is 5.91 Å². The van der Waals surface area contributed by atoms with Crippen LogP contribution in [-0.2, 0) is 11.2 Å². The van der Waals surface area contributed by atoms with Crippen molar-refractivity contribution in [3.8, 4) is 0 Å². The van der Waals surface area contributed by atoms with Crippen LogP contribution >= 0.6 is 0 Å². The van der Waals surface area contributed by atoms with Crippen molar-refractivity contribution in [2.75, 3.05) is 53.7 Å². The highest BCUT2D eigenvalue weighted by atomic mass is 16.2. The molecular formula is C29H39N7O2. The van der Waals surface area contributed by atoms with Crippen molar-refractivity contribution in [3.63, 3.8) is 0 Å². The minimum absolute atomic E-state index is 0.0213. The van der Waals surface area contributed by atoms with E-state index in [-0.39, 0.29) is 29.9 Å². The second-order valence-corrected chi connectivity index (χ2v) is 11.3. The third kappa shape index (κ3) is 4.30. The lowest BCUT2D eigenvalue weighted by Gasteiger charge is -2.44. The summed E-state index contributed by atoms with van der Waals surface area (Å²) in [5.74, 6) is 1.29. The van der Waals surface area contributed by atoms with Gasteiger partial charge < -0.3 is 20.0 Å². The summed E-state index contributed by atoms with van der Waals surface area (Å²) in [6.45, 7) is 4.83. The predicted octanol–water partition coefficient (Wildman–Crippen LogP) is 3.69. The molecule has 6 rings (SSSR count). The Balaban J connectivity index is 1.43. The molecule has 0 unspecified atom stereocenters. The molecule has 1 aromatic heterocycles. The molecule has 0 bridgehead atoms. The number of anilines is 4. The monoisotopic (exact) mass is 517 g/mol. The molecule has 2 fully saturated rings. The van der Waals surface area contributed by atoms with Crippen LogP contribution < -0.4 is 20.0 Å². The van der Waals surface area contributed by atoms with E-state index in [1.807, 2.05) is 30.1 Å². The van der Waals surface area contributed by atoms with E-state index in [4.69, 9.17) is 9.97 Å². The molecule has 4 aliphatic rings. The molecule has 38 heavy (non-hydrogen) atoms. The molecule has 0 spiro atoms. The smallest absolute Gasteiger partial charge is 0.260 e. The number of carbonyl (C=O) groups excluding carboxylic acids is 2. The van der Waals surface area contributed by atoms with Crippen molar-refractivity contribution in [2.45, 2.75) is 76.4 Å².